The van der Waals surface area contributed by atoms with E-state index < -0.39 is 26.5 Å². The van der Waals surface area contributed by atoms with E-state index in [-0.39, 0.29) is 22.0 Å². The fourth-order valence-electron chi connectivity index (χ4n) is 3.09. The van der Waals surface area contributed by atoms with Gasteiger partial charge in [-0.25, -0.2) is 12.8 Å². The molecule has 1 fully saturated rings. The number of hydrogen-bond acceptors (Lipinski definition) is 6. The minimum Gasteiger partial charge on any atom is -0.447 e. The molecular weight excluding hydrogens is 401 g/mol. The number of nitro benzene ring substituents is 1. The van der Waals surface area contributed by atoms with Gasteiger partial charge in [0, 0.05) is 19.2 Å². The summed E-state index contributed by atoms with van der Waals surface area (Å²) >= 11 is 0. The van der Waals surface area contributed by atoms with E-state index in [1.54, 1.807) is 6.07 Å². The van der Waals surface area contributed by atoms with Gasteiger partial charge in [-0.2, -0.15) is 9.57 Å². The van der Waals surface area contributed by atoms with Crippen molar-refractivity contribution in [3.63, 3.8) is 0 Å². The zero-order valence-corrected chi connectivity index (χ0v) is 16.2. The molecule has 0 amide bonds. The standard InChI is InChI=1S/C19H18FN3O5S/c20-16-11-14(13-21)5-7-18(16)28-19-8-6-15(12-17(19)23(24)25)29(26,27)22-9-3-1-2-4-10-22/h5-8,11-12H,1-4,9-10H2. The van der Waals surface area contributed by atoms with E-state index in [0.717, 1.165) is 43.9 Å². The topological polar surface area (TPSA) is 114 Å². The first-order chi connectivity index (χ1) is 13.8. The predicted octanol–water partition coefficient (Wildman–Crippen LogP) is 3.96. The highest BCUT2D eigenvalue weighted by atomic mass is 32.2. The lowest BCUT2D eigenvalue weighted by molar-refractivity contribution is -0.385. The summed E-state index contributed by atoms with van der Waals surface area (Å²) in [6, 6.07) is 8.48. The number of ether oxygens (including phenoxy) is 1. The van der Waals surface area contributed by atoms with Gasteiger partial charge in [-0.3, -0.25) is 10.1 Å². The Labute approximate surface area is 167 Å². The van der Waals surface area contributed by atoms with Crippen LogP contribution in [0.3, 0.4) is 0 Å². The molecule has 0 aliphatic carbocycles. The van der Waals surface area contributed by atoms with Crippen LogP contribution in [-0.4, -0.2) is 30.7 Å². The zero-order valence-electron chi connectivity index (χ0n) is 15.4. The van der Waals surface area contributed by atoms with Crippen molar-refractivity contribution >= 4 is 15.7 Å². The first-order valence-corrected chi connectivity index (χ1v) is 10.4. The lowest BCUT2D eigenvalue weighted by Gasteiger charge is -2.20. The molecule has 10 heteroatoms. The van der Waals surface area contributed by atoms with Gasteiger partial charge in [-0.15, -0.1) is 0 Å². The molecule has 0 N–H and O–H groups in total. The van der Waals surface area contributed by atoms with E-state index in [4.69, 9.17) is 10.00 Å². The number of sulfonamides is 1. The third kappa shape index (κ3) is 4.52. The molecule has 0 radical (unpaired) electrons. The predicted molar refractivity (Wildman–Crippen MR) is 102 cm³/mol. The lowest BCUT2D eigenvalue weighted by atomic mass is 10.2. The number of nitriles is 1. The number of rotatable bonds is 5. The summed E-state index contributed by atoms with van der Waals surface area (Å²) in [5, 5.41) is 20.3. The molecule has 1 aliphatic heterocycles. The van der Waals surface area contributed by atoms with Gasteiger partial charge in [-0.05, 0) is 43.2 Å². The highest BCUT2D eigenvalue weighted by Gasteiger charge is 2.28. The average molecular weight is 419 g/mol. The number of benzene rings is 2. The molecule has 2 aromatic rings. The van der Waals surface area contributed by atoms with Crippen molar-refractivity contribution in [2.75, 3.05) is 13.1 Å². The van der Waals surface area contributed by atoms with Crippen LogP contribution in [0.15, 0.2) is 41.3 Å². The van der Waals surface area contributed by atoms with E-state index in [1.165, 1.54) is 22.5 Å². The van der Waals surface area contributed by atoms with Crippen molar-refractivity contribution in [2.24, 2.45) is 0 Å². The number of hydrogen-bond donors (Lipinski definition) is 0. The fraction of sp³-hybridized carbons (Fsp3) is 0.316. The first kappa shape index (κ1) is 20.7. The minimum absolute atomic E-state index is 0.0724. The van der Waals surface area contributed by atoms with Crippen molar-refractivity contribution in [2.45, 2.75) is 30.6 Å². The smallest absolute Gasteiger partial charge is 0.312 e. The van der Waals surface area contributed by atoms with Gasteiger partial charge in [0.05, 0.1) is 21.5 Å². The third-order valence-corrected chi connectivity index (χ3v) is 6.51. The van der Waals surface area contributed by atoms with Crippen molar-refractivity contribution in [3.05, 3.63) is 57.9 Å². The Kier molecular flexibility index (Phi) is 6.10. The van der Waals surface area contributed by atoms with E-state index in [0.29, 0.717) is 13.1 Å². The van der Waals surface area contributed by atoms with Crippen molar-refractivity contribution in [3.8, 4) is 17.6 Å². The summed E-state index contributed by atoms with van der Waals surface area (Å²) in [6.45, 7) is 0.732. The fourth-order valence-corrected chi connectivity index (χ4v) is 4.63. The van der Waals surface area contributed by atoms with E-state index in [9.17, 15) is 22.9 Å². The second-order valence-electron chi connectivity index (χ2n) is 6.56. The molecule has 0 bridgehead atoms. The zero-order chi connectivity index (χ0) is 21.0. The highest BCUT2D eigenvalue weighted by Crippen LogP contribution is 2.35. The van der Waals surface area contributed by atoms with Crippen molar-refractivity contribution < 1.29 is 22.5 Å². The van der Waals surface area contributed by atoms with Crippen LogP contribution in [0.4, 0.5) is 10.1 Å². The van der Waals surface area contributed by atoms with Crippen LogP contribution in [0.1, 0.15) is 31.2 Å². The monoisotopic (exact) mass is 419 g/mol. The van der Waals surface area contributed by atoms with E-state index >= 15 is 0 Å². The van der Waals surface area contributed by atoms with E-state index in [1.807, 2.05) is 0 Å². The Balaban J connectivity index is 1.95. The molecule has 29 heavy (non-hydrogen) atoms. The van der Waals surface area contributed by atoms with Gasteiger partial charge in [0.15, 0.2) is 11.6 Å². The van der Waals surface area contributed by atoms with Crippen molar-refractivity contribution in [1.29, 1.82) is 5.26 Å². The molecule has 1 saturated heterocycles. The molecular formula is C19H18FN3O5S. The minimum atomic E-state index is -3.88. The summed E-state index contributed by atoms with van der Waals surface area (Å²) in [6.07, 6.45) is 3.35. The maximum Gasteiger partial charge on any atom is 0.312 e. The van der Waals surface area contributed by atoms with Gasteiger partial charge in [0.25, 0.3) is 0 Å². The van der Waals surface area contributed by atoms with Gasteiger partial charge in [-0.1, -0.05) is 12.8 Å². The summed E-state index contributed by atoms with van der Waals surface area (Å²) in [5.74, 6) is -1.47. The molecule has 0 saturated carbocycles. The van der Waals surface area contributed by atoms with Gasteiger partial charge >= 0.3 is 5.69 Å². The summed E-state index contributed by atoms with van der Waals surface area (Å²) in [5.41, 5.74) is -0.520. The SMILES string of the molecule is N#Cc1ccc(Oc2ccc(S(=O)(=O)N3CCCCCC3)cc2[N+](=O)[O-])c(F)c1. The first-order valence-electron chi connectivity index (χ1n) is 8.99. The lowest BCUT2D eigenvalue weighted by Crippen LogP contribution is -2.31. The van der Waals surface area contributed by atoms with E-state index in [2.05, 4.69) is 0 Å². The Bertz CT molecular complexity index is 1070. The second-order valence-corrected chi connectivity index (χ2v) is 8.50. The van der Waals surface area contributed by atoms with Crippen LogP contribution in [-0.2, 0) is 10.0 Å². The average Bonchev–Trinajstić information content (AvgIpc) is 2.99. The molecule has 152 valence electrons. The van der Waals surface area contributed by atoms with Crippen LogP contribution < -0.4 is 4.74 Å². The van der Waals surface area contributed by atoms with Crippen molar-refractivity contribution in [1.82, 2.24) is 4.31 Å². The molecule has 0 aromatic heterocycles. The molecule has 0 atom stereocenters. The number of nitrogens with zero attached hydrogens (tertiary/aromatic N) is 3. The highest BCUT2D eigenvalue weighted by molar-refractivity contribution is 7.89. The number of nitro groups is 1. The molecule has 8 nitrogen and oxygen atoms in total. The maximum atomic E-state index is 14.1. The van der Waals surface area contributed by atoms with Crippen LogP contribution in [0.5, 0.6) is 11.5 Å². The normalized spacial score (nSPS) is 15.3. The molecule has 3 rings (SSSR count). The quantitative estimate of drug-likeness (QED) is 0.535. The Morgan fingerprint density at radius 2 is 1.72 bits per heavy atom. The summed E-state index contributed by atoms with van der Waals surface area (Å²) < 4.78 is 46.5. The van der Waals surface area contributed by atoms with Gasteiger partial charge in [0.2, 0.25) is 15.8 Å². The molecule has 0 spiro atoms. The molecule has 0 unspecified atom stereocenters. The van der Waals surface area contributed by atoms with Crippen LogP contribution in [0.25, 0.3) is 0 Å². The van der Waals surface area contributed by atoms with Gasteiger partial charge < -0.3 is 4.74 Å². The molecule has 1 aliphatic rings. The molecule has 1 heterocycles. The largest absolute Gasteiger partial charge is 0.447 e. The Hall–Kier alpha value is -3.03. The van der Waals surface area contributed by atoms with Crippen LogP contribution >= 0.6 is 0 Å². The third-order valence-electron chi connectivity index (χ3n) is 4.61. The number of halogens is 1. The van der Waals surface area contributed by atoms with Gasteiger partial charge in [0.1, 0.15) is 0 Å². The Morgan fingerprint density at radius 1 is 1.07 bits per heavy atom. The second kappa shape index (κ2) is 8.55. The maximum absolute atomic E-state index is 14.1. The van der Waals surface area contributed by atoms with Crippen LogP contribution in [0, 0.1) is 27.3 Å². The summed E-state index contributed by atoms with van der Waals surface area (Å²) in [7, 11) is -3.88. The van der Waals surface area contributed by atoms with Crippen LogP contribution in [0.2, 0.25) is 0 Å². The summed E-state index contributed by atoms with van der Waals surface area (Å²) in [4.78, 5) is 10.5. The Morgan fingerprint density at radius 3 is 2.31 bits per heavy atom. The molecule has 2 aromatic carbocycles.